The number of carbonyl (C=O) groups is 2. The first kappa shape index (κ1) is 21.2. The highest BCUT2D eigenvalue weighted by molar-refractivity contribution is 5.95. The third kappa shape index (κ3) is 5.21. The van der Waals surface area contributed by atoms with Crippen molar-refractivity contribution in [3.8, 4) is 0 Å². The van der Waals surface area contributed by atoms with E-state index in [-0.39, 0.29) is 23.3 Å². The lowest BCUT2D eigenvalue weighted by Gasteiger charge is -2.35. The van der Waals surface area contributed by atoms with E-state index >= 15 is 0 Å². The first-order valence-electron chi connectivity index (χ1n) is 9.96. The van der Waals surface area contributed by atoms with Crippen molar-refractivity contribution in [2.75, 3.05) is 26.2 Å². The summed E-state index contributed by atoms with van der Waals surface area (Å²) >= 11 is 0. The van der Waals surface area contributed by atoms with Gasteiger partial charge in [-0.25, -0.2) is 4.79 Å². The quantitative estimate of drug-likeness (QED) is 0.764. The average Bonchev–Trinajstić information content (AvgIpc) is 2.60. The van der Waals surface area contributed by atoms with E-state index in [1.165, 1.54) is 0 Å². The van der Waals surface area contributed by atoms with Crippen molar-refractivity contribution in [3.63, 3.8) is 0 Å². The molecule has 1 aliphatic rings. The van der Waals surface area contributed by atoms with Crippen LogP contribution in [0.5, 0.6) is 0 Å². The number of hydrogen-bond acceptors (Lipinski definition) is 4. The highest BCUT2D eigenvalue weighted by atomic mass is 16.4. The molecule has 2 heterocycles. The molecule has 1 saturated heterocycles. The van der Waals surface area contributed by atoms with Gasteiger partial charge in [-0.2, -0.15) is 0 Å². The Morgan fingerprint density at radius 3 is 2.22 bits per heavy atom. The maximum Gasteiger partial charge on any atom is 0.349 e. The molecular formula is C21H32N2O4. The highest BCUT2D eigenvalue weighted by Gasteiger charge is 2.28. The van der Waals surface area contributed by atoms with Crippen LogP contribution in [0.3, 0.4) is 0 Å². The first-order chi connectivity index (χ1) is 12.7. The monoisotopic (exact) mass is 376 g/mol. The molecule has 27 heavy (non-hydrogen) atoms. The van der Waals surface area contributed by atoms with Crippen LogP contribution in [-0.2, 0) is 4.79 Å². The maximum atomic E-state index is 12.9. The highest BCUT2D eigenvalue weighted by Crippen LogP contribution is 2.22. The zero-order chi connectivity index (χ0) is 20.1. The molecule has 6 heteroatoms. The second-order valence-corrected chi connectivity index (χ2v) is 7.95. The number of nitrogens with zero attached hydrogens (tertiary/aromatic N) is 2. The molecule has 1 aliphatic heterocycles. The van der Waals surface area contributed by atoms with Gasteiger partial charge < -0.3 is 14.2 Å². The average molecular weight is 376 g/mol. The van der Waals surface area contributed by atoms with E-state index in [1.54, 1.807) is 16.7 Å². The molecule has 0 radical (unpaired) electrons. The summed E-state index contributed by atoms with van der Waals surface area (Å²) in [6.07, 6.45) is 2.46. The number of piperazine rings is 1. The van der Waals surface area contributed by atoms with Crippen molar-refractivity contribution in [2.45, 2.75) is 59.8 Å². The number of rotatable bonds is 6. The number of aryl methyl sites for hydroxylation is 1. The molecule has 1 aromatic heterocycles. The fourth-order valence-corrected chi connectivity index (χ4v) is 3.50. The fraction of sp³-hybridized carbons (Fsp3) is 0.667. The minimum absolute atomic E-state index is 0.115. The van der Waals surface area contributed by atoms with Crippen molar-refractivity contribution < 1.29 is 14.0 Å². The minimum atomic E-state index is -0.559. The van der Waals surface area contributed by atoms with Gasteiger partial charge in [0.25, 0.3) is 5.91 Å². The molecule has 0 aromatic carbocycles. The smallest absolute Gasteiger partial charge is 0.349 e. The molecule has 1 fully saturated rings. The fourth-order valence-electron chi connectivity index (χ4n) is 3.50. The molecule has 2 amide bonds. The number of carbonyl (C=O) groups excluding carboxylic acids is 2. The molecule has 0 spiro atoms. The van der Waals surface area contributed by atoms with Crippen LogP contribution in [0.4, 0.5) is 0 Å². The van der Waals surface area contributed by atoms with Crippen molar-refractivity contribution in [2.24, 2.45) is 5.92 Å². The molecule has 1 unspecified atom stereocenters. The molecule has 0 N–H and O–H groups in total. The summed E-state index contributed by atoms with van der Waals surface area (Å²) in [5.41, 5.74) is 0.216. The largest absolute Gasteiger partial charge is 0.427 e. The zero-order valence-corrected chi connectivity index (χ0v) is 17.2. The minimum Gasteiger partial charge on any atom is -0.427 e. The van der Waals surface area contributed by atoms with Gasteiger partial charge in [0.1, 0.15) is 11.3 Å². The van der Waals surface area contributed by atoms with Crippen LogP contribution in [0.2, 0.25) is 0 Å². The predicted octanol–water partition coefficient (Wildman–Crippen LogP) is 3.18. The van der Waals surface area contributed by atoms with Gasteiger partial charge in [0.05, 0.1) is 0 Å². The van der Waals surface area contributed by atoms with Crippen molar-refractivity contribution in [1.29, 1.82) is 0 Å². The topological polar surface area (TPSA) is 70.8 Å². The van der Waals surface area contributed by atoms with E-state index in [9.17, 15) is 14.4 Å². The van der Waals surface area contributed by atoms with Gasteiger partial charge in [-0.15, -0.1) is 0 Å². The zero-order valence-electron chi connectivity index (χ0n) is 17.2. The van der Waals surface area contributed by atoms with Crippen LogP contribution < -0.4 is 5.63 Å². The molecule has 2 rings (SSSR count). The Hall–Kier alpha value is -2.11. The summed E-state index contributed by atoms with van der Waals surface area (Å²) in [5, 5.41) is 0. The third-order valence-electron chi connectivity index (χ3n) is 5.09. The van der Waals surface area contributed by atoms with Gasteiger partial charge in [-0.1, -0.05) is 34.1 Å². The van der Waals surface area contributed by atoms with Gasteiger partial charge in [0.15, 0.2) is 0 Å². The maximum absolute atomic E-state index is 12.9. The van der Waals surface area contributed by atoms with Crippen LogP contribution in [0.1, 0.15) is 74.6 Å². The number of amides is 2. The molecule has 0 saturated carbocycles. The second-order valence-electron chi connectivity index (χ2n) is 7.95. The summed E-state index contributed by atoms with van der Waals surface area (Å²) in [7, 11) is 0. The van der Waals surface area contributed by atoms with Crippen LogP contribution in [0.25, 0.3) is 0 Å². The van der Waals surface area contributed by atoms with Gasteiger partial charge in [0, 0.05) is 38.5 Å². The molecule has 1 aromatic rings. The SMILES string of the molecule is CCCC(C)c1cc(C)c(C(=O)N2CCN(C(=O)CC(C)C)CC2)c(=O)o1. The Bertz CT molecular complexity index is 730. The van der Waals surface area contributed by atoms with Crippen molar-refractivity contribution in [3.05, 3.63) is 33.4 Å². The second kappa shape index (κ2) is 9.20. The Morgan fingerprint density at radius 2 is 1.70 bits per heavy atom. The summed E-state index contributed by atoms with van der Waals surface area (Å²) in [6, 6.07) is 1.82. The van der Waals surface area contributed by atoms with E-state index in [2.05, 4.69) is 6.92 Å². The molecule has 6 nitrogen and oxygen atoms in total. The van der Waals surface area contributed by atoms with E-state index in [4.69, 9.17) is 4.42 Å². The van der Waals surface area contributed by atoms with Crippen LogP contribution in [-0.4, -0.2) is 47.8 Å². The van der Waals surface area contributed by atoms with E-state index < -0.39 is 5.63 Å². The van der Waals surface area contributed by atoms with Crippen molar-refractivity contribution in [1.82, 2.24) is 9.80 Å². The lowest BCUT2D eigenvalue weighted by Crippen LogP contribution is -2.51. The van der Waals surface area contributed by atoms with E-state index in [0.717, 1.165) is 12.8 Å². The van der Waals surface area contributed by atoms with Gasteiger partial charge >= 0.3 is 5.63 Å². The molecular weight excluding hydrogens is 344 g/mol. The van der Waals surface area contributed by atoms with Crippen molar-refractivity contribution >= 4 is 11.8 Å². The lowest BCUT2D eigenvalue weighted by molar-refractivity contribution is -0.133. The first-order valence-corrected chi connectivity index (χ1v) is 9.96. The third-order valence-corrected chi connectivity index (χ3v) is 5.09. The number of hydrogen-bond donors (Lipinski definition) is 0. The van der Waals surface area contributed by atoms with Gasteiger partial charge in [-0.3, -0.25) is 9.59 Å². The Morgan fingerprint density at radius 1 is 1.11 bits per heavy atom. The Balaban J connectivity index is 2.08. The van der Waals surface area contributed by atoms with E-state index in [0.29, 0.717) is 49.8 Å². The molecule has 150 valence electrons. The van der Waals surface area contributed by atoms with Gasteiger partial charge in [-0.05, 0) is 30.9 Å². The summed E-state index contributed by atoms with van der Waals surface area (Å²) in [5.74, 6) is 0.938. The molecule has 0 bridgehead atoms. The predicted molar refractivity (Wildman–Crippen MR) is 105 cm³/mol. The van der Waals surface area contributed by atoms with Crippen LogP contribution in [0, 0.1) is 12.8 Å². The molecule has 1 atom stereocenters. The Kier molecular flexibility index (Phi) is 7.22. The normalized spacial score (nSPS) is 15.9. The lowest BCUT2D eigenvalue weighted by atomic mass is 10.00. The summed E-state index contributed by atoms with van der Waals surface area (Å²) in [4.78, 5) is 41.0. The van der Waals surface area contributed by atoms with Crippen LogP contribution >= 0.6 is 0 Å². The Labute approximate surface area is 161 Å². The molecule has 0 aliphatic carbocycles. The summed E-state index contributed by atoms with van der Waals surface area (Å²) < 4.78 is 5.45. The van der Waals surface area contributed by atoms with Gasteiger partial charge in [0.2, 0.25) is 5.91 Å². The summed E-state index contributed by atoms with van der Waals surface area (Å²) in [6.45, 7) is 11.8. The van der Waals surface area contributed by atoms with E-state index in [1.807, 2.05) is 26.8 Å². The standard InChI is InChI=1S/C21H32N2O4/c1-6-7-15(4)17-13-16(5)19(21(26)27-17)20(25)23-10-8-22(9-11-23)18(24)12-14(2)3/h13-15H,6-12H2,1-5H3. The van der Waals surface area contributed by atoms with Crippen LogP contribution in [0.15, 0.2) is 15.3 Å².